The Labute approximate surface area is 184 Å². The zero-order valence-electron chi connectivity index (χ0n) is 16.2. The molecular weight excluding hydrogens is 469 g/mol. The zero-order chi connectivity index (χ0) is 18.2. The molecule has 0 bridgehead atoms. The molecule has 1 aromatic heterocycles. The highest BCUT2D eigenvalue weighted by atomic mass is 127. The lowest BCUT2D eigenvalue weighted by Gasteiger charge is -2.21. The normalized spacial score (nSPS) is 17.0. The molecule has 7 heteroatoms. The van der Waals surface area contributed by atoms with Gasteiger partial charge in [-0.25, -0.2) is 0 Å². The summed E-state index contributed by atoms with van der Waals surface area (Å²) in [7, 11) is 1.95. The molecule has 148 valence electrons. The van der Waals surface area contributed by atoms with Crippen LogP contribution in [0.3, 0.4) is 0 Å². The van der Waals surface area contributed by atoms with Crippen molar-refractivity contribution in [3.63, 3.8) is 0 Å². The molecule has 0 radical (unpaired) electrons. The fourth-order valence-electron chi connectivity index (χ4n) is 3.21. The molecule has 0 amide bonds. The third kappa shape index (κ3) is 7.03. The minimum Gasteiger partial charge on any atom is -0.357 e. The summed E-state index contributed by atoms with van der Waals surface area (Å²) in [5.74, 6) is 2.96. The van der Waals surface area contributed by atoms with Gasteiger partial charge in [0, 0.05) is 50.1 Å². The van der Waals surface area contributed by atoms with Crippen LogP contribution in [0.1, 0.15) is 18.9 Å². The highest BCUT2D eigenvalue weighted by Crippen LogP contribution is 2.25. The van der Waals surface area contributed by atoms with Crippen molar-refractivity contribution < 1.29 is 0 Å². The summed E-state index contributed by atoms with van der Waals surface area (Å²) >= 11 is 1.97. The number of aryl methyl sites for hydroxylation is 1. The number of hydrogen-bond acceptors (Lipinski definition) is 3. The van der Waals surface area contributed by atoms with Gasteiger partial charge < -0.3 is 10.2 Å². The van der Waals surface area contributed by atoms with Crippen LogP contribution in [0.2, 0.25) is 0 Å². The lowest BCUT2D eigenvalue weighted by molar-refractivity contribution is 0.474. The second-order valence-corrected chi connectivity index (χ2v) is 7.83. The Hall–Kier alpha value is -1.22. The van der Waals surface area contributed by atoms with Crippen LogP contribution in [0.4, 0.5) is 0 Å². The summed E-state index contributed by atoms with van der Waals surface area (Å²) in [6.45, 7) is 6.03. The summed E-state index contributed by atoms with van der Waals surface area (Å²) < 4.78 is 1.85. The number of rotatable bonds is 7. The number of nitrogens with zero attached hydrogens (tertiary/aromatic N) is 4. The van der Waals surface area contributed by atoms with E-state index in [1.54, 1.807) is 0 Å². The molecule has 1 unspecified atom stereocenters. The van der Waals surface area contributed by atoms with Gasteiger partial charge in [0.25, 0.3) is 0 Å². The van der Waals surface area contributed by atoms with Crippen LogP contribution in [0.5, 0.6) is 0 Å². The molecule has 1 saturated heterocycles. The van der Waals surface area contributed by atoms with Crippen molar-refractivity contribution in [1.82, 2.24) is 20.0 Å². The van der Waals surface area contributed by atoms with E-state index in [2.05, 4.69) is 58.8 Å². The molecule has 5 nitrogen and oxygen atoms in total. The number of thioether (sulfide) groups is 1. The SMILES string of the molecule is CCNC(=NCCc1cnn(C)c1)N1CCC(CSc2ccccc2)C1.I. The predicted octanol–water partition coefficient (Wildman–Crippen LogP) is 3.66. The Morgan fingerprint density at radius 3 is 2.85 bits per heavy atom. The van der Waals surface area contributed by atoms with Crippen molar-refractivity contribution in [3.05, 3.63) is 48.3 Å². The van der Waals surface area contributed by atoms with Gasteiger partial charge in [0.1, 0.15) is 0 Å². The van der Waals surface area contributed by atoms with Crippen LogP contribution in [0.15, 0.2) is 52.6 Å². The molecule has 2 heterocycles. The number of benzene rings is 1. The monoisotopic (exact) mass is 499 g/mol. The van der Waals surface area contributed by atoms with Crippen molar-refractivity contribution >= 4 is 41.7 Å². The molecule has 1 fully saturated rings. The highest BCUT2D eigenvalue weighted by Gasteiger charge is 2.24. The van der Waals surface area contributed by atoms with Crippen molar-refractivity contribution in [2.75, 3.05) is 31.9 Å². The maximum Gasteiger partial charge on any atom is 0.193 e. The Bertz CT molecular complexity index is 703. The lowest BCUT2D eigenvalue weighted by atomic mass is 10.2. The Kier molecular flexibility index (Phi) is 9.47. The third-order valence-corrected chi connectivity index (χ3v) is 5.81. The number of halogens is 1. The lowest BCUT2D eigenvalue weighted by Crippen LogP contribution is -2.40. The molecule has 0 spiro atoms. The first-order chi connectivity index (χ1) is 12.7. The summed E-state index contributed by atoms with van der Waals surface area (Å²) in [6.07, 6.45) is 6.17. The van der Waals surface area contributed by atoms with E-state index < -0.39 is 0 Å². The standard InChI is InChI=1S/C20H29N5S.HI/c1-3-21-20(22-11-9-17-13-23-24(2)14-17)25-12-10-18(15-25)16-26-19-7-5-4-6-8-19;/h4-8,13-14,18H,3,9-12,15-16H2,1-2H3,(H,21,22);1H. The number of aliphatic imine (C=N–C) groups is 1. The third-order valence-electron chi connectivity index (χ3n) is 4.57. The van der Waals surface area contributed by atoms with E-state index in [4.69, 9.17) is 4.99 Å². The van der Waals surface area contributed by atoms with Crippen LogP contribution in [-0.4, -0.2) is 52.6 Å². The second kappa shape index (κ2) is 11.6. The number of likely N-dealkylation sites (tertiary alicyclic amines) is 1. The van der Waals surface area contributed by atoms with Gasteiger partial charge in [-0.2, -0.15) is 5.10 Å². The molecule has 1 aliphatic heterocycles. The van der Waals surface area contributed by atoms with Crippen LogP contribution in [0.25, 0.3) is 0 Å². The Balaban J connectivity index is 0.00000261. The van der Waals surface area contributed by atoms with Crippen molar-refractivity contribution in [3.8, 4) is 0 Å². The van der Waals surface area contributed by atoms with Crippen LogP contribution in [0, 0.1) is 5.92 Å². The van der Waals surface area contributed by atoms with Crippen LogP contribution >= 0.6 is 35.7 Å². The predicted molar refractivity (Wildman–Crippen MR) is 125 cm³/mol. The van der Waals surface area contributed by atoms with E-state index in [0.29, 0.717) is 0 Å². The highest BCUT2D eigenvalue weighted by molar-refractivity contribution is 14.0. The van der Waals surface area contributed by atoms with Gasteiger partial charge in [-0.1, -0.05) is 18.2 Å². The summed E-state index contributed by atoms with van der Waals surface area (Å²) in [6, 6.07) is 10.7. The maximum atomic E-state index is 4.84. The van der Waals surface area contributed by atoms with Gasteiger partial charge in [0.15, 0.2) is 5.96 Å². The van der Waals surface area contributed by atoms with E-state index >= 15 is 0 Å². The van der Waals surface area contributed by atoms with E-state index in [9.17, 15) is 0 Å². The molecule has 3 rings (SSSR count). The first-order valence-electron chi connectivity index (χ1n) is 9.43. The summed E-state index contributed by atoms with van der Waals surface area (Å²) in [4.78, 5) is 8.62. The molecule has 1 atom stereocenters. The molecule has 0 aliphatic carbocycles. The van der Waals surface area contributed by atoms with Gasteiger partial charge in [-0.15, -0.1) is 35.7 Å². The number of guanidine groups is 1. The second-order valence-electron chi connectivity index (χ2n) is 6.73. The average Bonchev–Trinajstić information content (AvgIpc) is 3.29. The fourth-order valence-corrected chi connectivity index (χ4v) is 4.26. The maximum absolute atomic E-state index is 4.84. The number of nitrogens with one attached hydrogen (secondary N) is 1. The number of aromatic nitrogens is 2. The molecule has 1 aliphatic rings. The summed E-state index contributed by atoms with van der Waals surface area (Å²) in [5, 5.41) is 7.68. The van der Waals surface area contributed by atoms with Crippen LogP contribution in [-0.2, 0) is 13.5 Å². The summed E-state index contributed by atoms with van der Waals surface area (Å²) in [5.41, 5.74) is 1.24. The molecule has 1 N–H and O–H groups in total. The smallest absolute Gasteiger partial charge is 0.193 e. The molecule has 27 heavy (non-hydrogen) atoms. The zero-order valence-corrected chi connectivity index (χ0v) is 19.3. The van der Waals surface area contributed by atoms with Gasteiger partial charge >= 0.3 is 0 Å². The van der Waals surface area contributed by atoms with Crippen molar-refractivity contribution in [2.45, 2.75) is 24.7 Å². The van der Waals surface area contributed by atoms with Crippen LogP contribution < -0.4 is 5.32 Å². The average molecular weight is 499 g/mol. The Morgan fingerprint density at radius 1 is 1.33 bits per heavy atom. The quantitative estimate of drug-likeness (QED) is 0.274. The largest absolute Gasteiger partial charge is 0.357 e. The van der Waals surface area contributed by atoms with E-state index in [-0.39, 0.29) is 24.0 Å². The Morgan fingerprint density at radius 2 is 2.15 bits per heavy atom. The number of hydrogen-bond donors (Lipinski definition) is 1. The van der Waals surface area contributed by atoms with Crippen molar-refractivity contribution in [1.29, 1.82) is 0 Å². The fraction of sp³-hybridized carbons (Fsp3) is 0.500. The molecule has 1 aromatic carbocycles. The van der Waals surface area contributed by atoms with Gasteiger partial charge in [0.05, 0.1) is 6.20 Å². The first-order valence-corrected chi connectivity index (χ1v) is 10.4. The minimum absolute atomic E-state index is 0. The van der Waals surface area contributed by atoms with Crippen molar-refractivity contribution in [2.24, 2.45) is 18.0 Å². The van der Waals surface area contributed by atoms with Gasteiger partial charge in [-0.05, 0) is 43.4 Å². The first kappa shape index (κ1) is 22.1. The van der Waals surface area contributed by atoms with E-state index in [0.717, 1.165) is 44.5 Å². The molecule has 0 saturated carbocycles. The van der Waals surface area contributed by atoms with E-state index in [1.165, 1.54) is 22.6 Å². The molecule has 2 aromatic rings. The molecular formula is C20H30IN5S. The van der Waals surface area contributed by atoms with Gasteiger partial charge in [-0.3, -0.25) is 9.67 Å². The van der Waals surface area contributed by atoms with E-state index in [1.807, 2.05) is 29.7 Å². The van der Waals surface area contributed by atoms with Gasteiger partial charge in [0.2, 0.25) is 0 Å². The topological polar surface area (TPSA) is 45.5 Å². The minimum atomic E-state index is 0.